The molecule has 0 spiro atoms. The topological polar surface area (TPSA) is 9.23 Å². The number of halogens is 3. The number of ether oxygens (including phenoxy) is 1. The predicted octanol–water partition coefficient (Wildman–Crippen LogP) is 8.52. The molecule has 0 aromatic heterocycles. The molecule has 180 valence electrons. The molecule has 0 heterocycles. The first-order chi connectivity index (χ1) is 16.5. The van der Waals surface area contributed by atoms with Crippen LogP contribution in [-0.2, 0) is 17.8 Å². The summed E-state index contributed by atoms with van der Waals surface area (Å²) in [5.41, 5.74) is 4.18. The zero-order valence-electron chi connectivity index (χ0n) is 20.0. The van der Waals surface area contributed by atoms with E-state index in [0.717, 1.165) is 43.2 Å². The summed E-state index contributed by atoms with van der Waals surface area (Å²) in [7, 11) is 0. The minimum Gasteiger partial charge on any atom is -0.377 e. The van der Waals surface area contributed by atoms with E-state index in [1.54, 1.807) is 18.2 Å². The molecular weight excluding hydrogens is 433 g/mol. The Morgan fingerprint density at radius 2 is 1.53 bits per heavy atom. The molecule has 3 aromatic carbocycles. The van der Waals surface area contributed by atoms with Crippen molar-refractivity contribution in [1.29, 1.82) is 0 Å². The standard InChI is InChI=1S/C30H33F3O/c1-3-34-19-26-15-14-25(18-28(26)31)22-11-6-21(7-12-22)8-13-24-16-17-27(30(33)29(24)32)23-9-4-20(2)5-10-23/h4-5,9-10,14-18,21-22H,3,6-8,11-13,19H2,1-2H3. The van der Waals surface area contributed by atoms with Crippen molar-refractivity contribution in [2.75, 3.05) is 6.61 Å². The highest BCUT2D eigenvalue weighted by Crippen LogP contribution is 2.38. The fraction of sp³-hybridized carbons (Fsp3) is 0.400. The summed E-state index contributed by atoms with van der Waals surface area (Å²) in [4.78, 5) is 0. The lowest BCUT2D eigenvalue weighted by atomic mass is 9.76. The van der Waals surface area contributed by atoms with Crippen LogP contribution in [0.1, 0.15) is 67.2 Å². The van der Waals surface area contributed by atoms with Gasteiger partial charge in [0.15, 0.2) is 11.6 Å². The minimum absolute atomic E-state index is 0.195. The van der Waals surface area contributed by atoms with E-state index in [2.05, 4.69) is 0 Å². The summed E-state index contributed by atoms with van der Waals surface area (Å²) >= 11 is 0. The van der Waals surface area contributed by atoms with Crippen LogP contribution in [0.3, 0.4) is 0 Å². The summed E-state index contributed by atoms with van der Waals surface area (Å²) in [6, 6.07) is 16.4. The van der Waals surface area contributed by atoms with Gasteiger partial charge in [-0.3, -0.25) is 0 Å². The maximum absolute atomic E-state index is 14.8. The molecule has 0 aliphatic heterocycles. The minimum atomic E-state index is -0.764. The third kappa shape index (κ3) is 5.72. The summed E-state index contributed by atoms with van der Waals surface area (Å²) < 4.78 is 49.3. The zero-order valence-corrected chi connectivity index (χ0v) is 20.0. The molecule has 4 heteroatoms. The van der Waals surface area contributed by atoms with Gasteiger partial charge < -0.3 is 4.74 Å². The van der Waals surface area contributed by atoms with Crippen LogP contribution in [-0.4, -0.2) is 6.61 Å². The molecule has 0 radical (unpaired) electrons. The average Bonchev–Trinajstić information content (AvgIpc) is 2.85. The Hall–Kier alpha value is -2.59. The first-order valence-corrected chi connectivity index (χ1v) is 12.4. The first-order valence-electron chi connectivity index (χ1n) is 12.4. The third-order valence-electron chi connectivity index (χ3n) is 7.20. The Morgan fingerprint density at radius 3 is 2.21 bits per heavy atom. The zero-order chi connectivity index (χ0) is 24.1. The molecule has 0 N–H and O–H groups in total. The Balaban J connectivity index is 1.32. The van der Waals surface area contributed by atoms with Crippen molar-refractivity contribution in [1.82, 2.24) is 0 Å². The second kappa shape index (κ2) is 11.2. The molecule has 1 saturated carbocycles. The van der Waals surface area contributed by atoms with E-state index in [1.165, 1.54) is 0 Å². The number of benzene rings is 3. The van der Waals surface area contributed by atoms with Gasteiger partial charge in [-0.15, -0.1) is 0 Å². The lowest BCUT2D eigenvalue weighted by Crippen LogP contribution is -2.15. The van der Waals surface area contributed by atoms with Crippen molar-refractivity contribution >= 4 is 0 Å². The molecule has 0 saturated heterocycles. The van der Waals surface area contributed by atoms with Crippen molar-refractivity contribution in [2.45, 2.75) is 64.9 Å². The van der Waals surface area contributed by atoms with Crippen molar-refractivity contribution in [3.05, 3.63) is 94.3 Å². The normalized spacial score (nSPS) is 18.3. The highest BCUT2D eigenvalue weighted by Gasteiger charge is 2.24. The van der Waals surface area contributed by atoms with Crippen molar-refractivity contribution < 1.29 is 17.9 Å². The van der Waals surface area contributed by atoms with Crippen LogP contribution in [0.15, 0.2) is 54.6 Å². The Morgan fingerprint density at radius 1 is 0.824 bits per heavy atom. The predicted molar refractivity (Wildman–Crippen MR) is 131 cm³/mol. The number of rotatable bonds is 8. The first kappa shape index (κ1) is 24.5. The third-order valence-corrected chi connectivity index (χ3v) is 7.20. The maximum atomic E-state index is 14.8. The Bertz CT molecular complexity index is 1100. The fourth-order valence-electron chi connectivity index (χ4n) is 5.03. The van der Waals surface area contributed by atoms with Gasteiger partial charge in [-0.1, -0.05) is 54.1 Å². The van der Waals surface area contributed by atoms with E-state index >= 15 is 0 Å². The van der Waals surface area contributed by atoms with Gasteiger partial charge in [0.1, 0.15) is 5.82 Å². The Labute approximate surface area is 201 Å². The molecule has 0 amide bonds. The van der Waals surface area contributed by atoms with Crippen LogP contribution in [0.2, 0.25) is 0 Å². The number of hydrogen-bond acceptors (Lipinski definition) is 1. The van der Waals surface area contributed by atoms with E-state index in [-0.39, 0.29) is 5.82 Å². The molecule has 1 aliphatic rings. The molecule has 1 nitrogen and oxygen atoms in total. The van der Waals surface area contributed by atoms with E-state index in [0.29, 0.717) is 53.7 Å². The SMILES string of the molecule is CCOCc1ccc(C2CCC(CCc3ccc(-c4ccc(C)cc4)c(F)c3F)CC2)cc1F. The van der Waals surface area contributed by atoms with Gasteiger partial charge in [-0.25, -0.2) is 13.2 Å². The molecular formula is C30H33F3O. The van der Waals surface area contributed by atoms with Gasteiger partial charge in [0.2, 0.25) is 0 Å². The van der Waals surface area contributed by atoms with Crippen LogP contribution in [0.5, 0.6) is 0 Å². The molecule has 0 atom stereocenters. The van der Waals surface area contributed by atoms with Crippen LogP contribution >= 0.6 is 0 Å². The van der Waals surface area contributed by atoms with Crippen molar-refractivity contribution in [3.8, 4) is 11.1 Å². The van der Waals surface area contributed by atoms with Crippen LogP contribution in [0.4, 0.5) is 13.2 Å². The van der Waals surface area contributed by atoms with Gasteiger partial charge in [-0.05, 0) is 87.0 Å². The van der Waals surface area contributed by atoms with Gasteiger partial charge in [0, 0.05) is 17.7 Å². The highest BCUT2D eigenvalue weighted by molar-refractivity contribution is 5.65. The average molecular weight is 467 g/mol. The number of hydrogen-bond donors (Lipinski definition) is 0. The van der Waals surface area contributed by atoms with E-state index in [4.69, 9.17) is 4.74 Å². The lowest BCUT2D eigenvalue weighted by Gasteiger charge is -2.29. The van der Waals surface area contributed by atoms with Gasteiger partial charge in [0.05, 0.1) is 6.61 Å². The lowest BCUT2D eigenvalue weighted by molar-refractivity contribution is 0.131. The van der Waals surface area contributed by atoms with E-state index in [1.807, 2.05) is 50.2 Å². The highest BCUT2D eigenvalue weighted by atomic mass is 19.2. The second-order valence-electron chi connectivity index (χ2n) is 9.51. The van der Waals surface area contributed by atoms with Gasteiger partial charge in [-0.2, -0.15) is 0 Å². The molecule has 34 heavy (non-hydrogen) atoms. The molecule has 1 fully saturated rings. The monoisotopic (exact) mass is 466 g/mol. The Kier molecular flexibility index (Phi) is 8.10. The van der Waals surface area contributed by atoms with E-state index in [9.17, 15) is 13.2 Å². The molecule has 0 bridgehead atoms. The quantitative estimate of drug-likeness (QED) is 0.323. The van der Waals surface area contributed by atoms with Gasteiger partial charge in [0.25, 0.3) is 0 Å². The van der Waals surface area contributed by atoms with Crippen LogP contribution in [0.25, 0.3) is 11.1 Å². The van der Waals surface area contributed by atoms with Crippen LogP contribution < -0.4 is 0 Å². The molecule has 1 aliphatic carbocycles. The smallest absolute Gasteiger partial charge is 0.166 e. The summed E-state index contributed by atoms with van der Waals surface area (Å²) in [6.45, 7) is 4.74. The molecule has 4 rings (SSSR count). The summed E-state index contributed by atoms with van der Waals surface area (Å²) in [5, 5.41) is 0. The number of aryl methyl sites for hydroxylation is 2. The van der Waals surface area contributed by atoms with Gasteiger partial charge >= 0.3 is 0 Å². The summed E-state index contributed by atoms with van der Waals surface area (Å²) in [5.74, 6) is -0.846. The largest absolute Gasteiger partial charge is 0.377 e. The fourth-order valence-corrected chi connectivity index (χ4v) is 5.03. The van der Waals surface area contributed by atoms with Crippen molar-refractivity contribution in [3.63, 3.8) is 0 Å². The van der Waals surface area contributed by atoms with Crippen molar-refractivity contribution in [2.24, 2.45) is 5.92 Å². The second-order valence-corrected chi connectivity index (χ2v) is 9.51. The maximum Gasteiger partial charge on any atom is 0.166 e. The van der Waals surface area contributed by atoms with E-state index < -0.39 is 11.6 Å². The van der Waals surface area contributed by atoms with Crippen LogP contribution in [0, 0.1) is 30.3 Å². The molecule has 0 unspecified atom stereocenters. The summed E-state index contributed by atoms with van der Waals surface area (Å²) in [6.07, 6.45) is 5.43. The molecule has 3 aromatic rings.